The van der Waals surface area contributed by atoms with E-state index in [0.29, 0.717) is 47.8 Å². The predicted octanol–water partition coefficient (Wildman–Crippen LogP) is 4.85. The number of aromatic nitrogens is 3. The maximum Gasteiger partial charge on any atom is 0.260 e. The van der Waals surface area contributed by atoms with Crippen molar-refractivity contribution in [2.24, 2.45) is 0 Å². The first-order chi connectivity index (χ1) is 17.4. The summed E-state index contributed by atoms with van der Waals surface area (Å²) in [5.41, 5.74) is 7.90. The van der Waals surface area contributed by atoms with E-state index < -0.39 is 0 Å². The average molecular weight is 543 g/mol. The molecule has 1 aliphatic rings. The monoisotopic (exact) mass is 542 g/mol. The Labute approximate surface area is 222 Å². The van der Waals surface area contributed by atoms with Gasteiger partial charge in [-0.1, -0.05) is 53.6 Å². The van der Waals surface area contributed by atoms with E-state index in [0.717, 1.165) is 20.9 Å². The summed E-state index contributed by atoms with van der Waals surface area (Å²) in [5, 5.41) is 2.25. The largest absolute Gasteiger partial charge is 0.484 e. The third-order valence-corrected chi connectivity index (χ3v) is 7.76. The third-order valence-electron chi connectivity index (χ3n) is 6.12. The molecule has 8 nitrogen and oxygen atoms in total. The number of benzene rings is 2. The van der Waals surface area contributed by atoms with Gasteiger partial charge in [0.1, 0.15) is 16.3 Å². The van der Waals surface area contributed by atoms with Gasteiger partial charge in [0.2, 0.25) is 5.95 Å². The van der Waals surface area contributed by atoms with Gasteiger partial charge in [-0.2, -0.15) is 4.98 Å². The van der Waals surface area contributed by atoms with Gasteiger partial charge >= 0.3 is 0 Å². The van der Waals surface area contributed by atoms with Gasteiger partial charge in [-0.05, 0) is 42.0 Å². The molecule has 0 spiro atoms. The van der Waals surface area contributed by atoms with E-state index in [1.54, 1.807) is 29.2 Å². The van der Waals surface area contributed by atoms with Crippen LogP contribution in [0, 0.1) is 0 Å². The fraction of sp³-hybridized carbons (Fsp3) is 0.280. The highest BCUT2D eigenvalue weighted by atomic mass is 35.5. The van der Waals surface area contributed by atoms with E-state index in [1.807, 2.05) is 24.3 Å². The molecule has 5 rings (SSSR count). The number of nitrogen functional groups attached to an aromatic ring is 1. The first-order valence-electron chi connectivity index (χ1n) is 11.5. The molecule has 1 unspecified atom stereocenters. The zero-order valence-corrected chi connectivity index (χ0v) is 21.9. The van der Waals surface area contributed by atoms with E-state index in [4.69, 9.17) is 38.7 Å². The summed E-state index contributed by atoms with van der Waals surface area (Å²) in [6.07, 6.45) is 0. The first-order valence-corrected chi connectivity index (χ1v) is 13.0. The van der Waals surface area contributed by atoms with E-state index in [1.165, 1.54) is 11.3 Å². The molecule has 2 N–H and O–H groups in total. The highest BCUT2D eigenvalue weighted by Gasteiger charge is 2.26. The van der Waals surface area contributed by atoms with Crippen LogP contribution in [0.15, 0.2) is 48.5 Å². The Kier molecular flexibility index (Phi) is 7.13. The van der Waals surface area contributed by atoms with E-state index >= 15 is 0 Å². The number of thiazole rings is 1. The predicted molar refractivity (Wildman–Crippen MR) is 144 cm³/mol. The molecular formula is C25H24Cl2N6O2S. The Morgan fingerprint density at radius 2 is 1.64 bits per heavy atom. The molecule has 1 fully saturated rings. The van der Waals surface area contributed by atoms with E-state index in [-0.39, 0.29) is 24.4 Å². The Morgan fingerprint density at radius 1 is 1.00 bits per heavy atom. The van der Waals surface area contributed by atoms with Crippen LogP contribution in [-0.2, 0) is 4.79 Å². The minimum absolute atomic E-state index is 0.0234. The third kappa shape index (κ3) is 5.33. The van der Waals surface area contributed by atoms with Gasteiger partial charge in [-0.15, -0.1) is 0 Å². The summed E-state index contributed by atoms with van der Waals surface area (Å²) in [6.45, 7) is 4.40. The summed E-state index contributed by atoms with van der Waals surface area (Å²) in [5.74, 6) is 1.53. The maximum atomic E-state index is 12.7. The number of anilines is 2. The van der Waals surface area contributed by atoms with Crippen LogP contribution >= 0.6 is 34.5 Å². The summed E-state index contributed by atoms with van der Waals surface area (Å²) in [4.78, 5) is 31.2. The van der Waals surface area contributed by atoms with Gasteiger partial charge in [-0.3, -0.25) is 4.79 Å². The normalized spacial score (nSPS) is 14.8. The minimum atomic E-state index is -0.0651. The van der Waals surface area contributed by atoms with Crippen LogP contribution in [0.2, 0.25) is 10.0 Å². The molecule has 2 aromatic carbocycles. The Balaban J connectivity index is 1.27. The first kappa shape index (κ1) is 24.5. The number of halogens is 2. The van der Waals surface area contributed by atoms with Crippen molar-refractivity contribution in [2.45, 2.75) is 12.8 Å². The van der Waals surface area contributed by atoms with E-state index in [2.05, 4.69) is 21.8 Å². The van der Waals surface area contributed by atoms with Crippen LogP contribution in [0.5, 0.6) is 5.75 Å². The van der Waals surface area contributed by atoms with Crippen LogP contribution in [-0.4, -0.2) is 58.5 Å². The van der Waals surface area contributed by atoms with Gasteiger partial charge in [0, 0.05) is 42.1 Å². The topological polar surface area (TPSA) is 97.5 Å². The number of fused-ring (bicyclic) bond motifs is 1. The summed E-state index contributed by atoms with van der Waals surface area (Å²) < 4.78 is 5.61. The lowest BCUT2D eigenvalue weighted by Gasteiger charge is -2.35. The summed E-state index contributed by atoms with van der Waals surface area (Å²) in [6, 6.07) is 14.7. The second kappa shape index (κ2) is 10.5. The number of hydrogen-bond acceptors (Lipinski definition) is 8. The number of ether oxygens (including phenoxy) is 1. The lowest BCUT2D eigenvalue weighted by molar-refractivity contribution is -0.133. The van der Waals surface area contributed by atoms with Crippen LogP contribution in [0.3, 0.4) is 0 Å². The second-order valence-corrected chi connectivity index (χ2v) is 10.4. The van der Waals surface area contributed by atoms with E-state index in [9.17, 15) is 4.79 Å². The highest BCUT2D eigenvalue weighted by Crippen LogP contribution is 2.35. The number of nitrogens with two attached hydrogens (primary N) is 1. The van der Waals surface area contributed by atoms with Gasteiger partial charge in [0.25, 0.3) is 5.91 Å². The molecule has 36 heavy (non-hydrogen) atoms. The molecule has 0 bridgehead atoms. The second-order valence-electron chi connectivity index (χ2n) is 8.49. The quantitative estimate of drug-likeness (QED) is 0.371. The molecule has 1 saturated heterocycles. The molecule has 0 saturated carbocycles. The van der Waals surface area contributed by atoms with Crippen LogP contribution in [0.1, 0.15) is 23.4 Å². The molecule has 1 atom stereocenters. The van der Waals surface area contributed by atoms with Crippen molar-refractivity contribution >= 4 is 62.6 Å². The van der Waals surface area contributed by atoms with Crippen LogP contribution < -0.4 is 15.4 Å². The molecule has 11 heteroatoms. The lowest BCUT2D eigenvalue weighted by Crippen LogP contribution is -2.50. The van der Waals surface area contributed by atoms with Gasteiger partial charge < -0.3 is 20.3 Å². The number of carbonyl (C=O) groups excluding carboxylic acids is 1. The Morgan fingerprint density at radius 3 is 2.31 bits per heavy atom. The number of rotatable bonds is 6. The lowest BCUT2D eigenvalue weighted by atomic mass is 10.0. The fourth-order valence-corrected chi connectivity index (χ4v) is 5.35. The van der Waals surface area contributed by atoms with Crippen LogP contribution in [0.25, 0.3) is 10.3 Å². The molecule has 0 aliphatic carbocycles. The molecule has 3 heterocycles. The fourth-order valence-electron chi connectivity index (χ4n) is 4.07. The molecule has 1 aliphatic heterocycles. The maximum absolute atomic E-state index is 12.7. The molecule has 0 radical (unpaired) electrons. The summed E-state index contributed by atoms with van der Waals surface area (Å²) in [7, 11) is 0. The van der Waals surface area contributed by atoms with Crippen molar-refractivity contribution < 1.29 is 9.53 Å². The Hall–Kier alpha value is -3.14. The number of hydrogen-bond donors (Lipinski definition) is 1. The average Bonchev–Trinajstić information content (AvgIpc) is 3.32. The van der Waals surface area contributed by atoms with Crippen molar-refractivity contribution in [1.29, 1.82) is 0 Å². The SMILES string of the molecule is CC(c1ccc(Cl)cc1)c1nc2c(N3CCN(C(=O)COc4ccc(Cl)cc4)CC3)nc(N)nc2s1. The number of nitrogens with zero attached hydrogens (tertiary/aromatic N) is 5. The molecule has 186 valence electrons. The summed E-state index contributed by atoms with van der Waals surface area (Å²) >= 11 is 13.5. The van der Waals surface area contributed by atoms with Crippen molar-refractivity contribution in [3.63, 3.8) is 0 Å². The molecular weight excluding hydrogens is 519 g/mol. The molecule has 2 aromatic heterocycles. The van der Waals surface area contributed by atoms with Crippen molar-refractivity contribution in [3.05, 3.63) is 69.1 Å². The molecule has 1 amide bonds. The standard InChI is InChI=1S/C25H24Cl2N6O2S/c1-15(16-2-4-17(26)5-3-16)23-29-21-22(30-25(28)31-24(21)36-23)33-12-10-32(11-13-33)20(34)14-35-19-8-6-18(27)7-9-19/h2-9,15H,10-14H2,1H3,(H2,28,30,31). The number of piperazine rings is 1. The highest BCUT2D eigenvalue weighted by molar-refractivity contribution is 7.18. The van der Waals surface area contributed by atoms with Gasteiger partial charge in [0.15, 0.2) is 17.3 Å². The minimum Gasteiger partial charge on any atom is -0.484 e. The van der Waals surface area contributed by atoms with Crippen molar-refractivity contribution in [3.8, 4) is 5.75 Å². The van der Waals surface area contributed by atoms with Gasteiger partial charge in [0.05, 0.1) is 0 Å². The zero-order valence-electron chi connectivity index (χ0n) is 19.5. The number of carbonyl (C=O) groups is 1. The number of amides is 1. The van der Waals surface area contributed by atoms with Crippen LogP contribution in [0.4, 0.5) is 11.8 Å². The zero-order chi connectivity index (χ0) is 25.2. The Bertz CT molecular complexity index is 1370. The van der Waals surface area contributed by atoms with Crippen molar-refractivity contribution in [2.75, 3.05) is 43.4 Å². The van der Waals surface area contributed by atoms with Gasteiger partial charge in [-0.25, -0.2) is 9.97 Å². The smallest absolute Gasteiger partial charge is 0.260 e. The molecule has 4 aromatic rings. The van der Waals surface area contributed by atoms with Crippen molar-refractivity contribution in [1.82, 2.24) is 19.9 Å².